The predicted octanol–water partition coefficient (Wildman–Crippen LogP) is 4.33. The number of hydrogen-bond donors (Lipinski definition) is 1. The van der Waals surface area contributed by atoms with Crippen molar-refractivity contribution >= 4 is 23.2 Å². The van der Waals surface area contributed by atoms with Crippen LogP contribution in [-0.2, 0) is 0 Å². The summed E-state index contributed by atoms with van der Waals surface area (Å²) >= 11 is 5.60. The molecule has 0 aliphatic heterocycles. The SMILES string of the molecule is O=C(Nc1ccc(Cl)cc1F)c1ccccc1OC(F)F. The number of nitrogens with one attached hydrogen (secondary N) is 1. The van der Waals surface area contributed by atoms with E-state index in [0.29, 0.717) is 0 Å². The van der Waals surface area contributed by atoms with Gasteiger partial charge in [-0.3, -0.25) is 4.79 Å². The lowest BCUT2D eigenvalue weighted by Crippen LogP contribution is -2.15. The highest BCUT2D eigenvalue weighted by Gasteiger charge is 2.16. The Balaban J connectivity index is 2.24. The van der Waals surface area contributed by atoms with Gasteiger partial charge in [-0.15, -0.1) is 0 Å². The second-order valence-electron chi connectivity index (χ2n) is 3.95. The first-order chi connectivity index (χ1) is 9.97. The molecule has 0 bridgehead atoms. The highest BCUT2D eigenvalue weighted by molar-refractivity contribution is 6.30. The molecule has 0 radical (unpaired) electrons. The van der Waals surface area contributed by atoms with E-state index in [0.717, 1.165) is 6.07 Å². The van der Waals surface area contributed by atoms with Crippen molar-refractivity contribution in [3.05, 3.63) is 58.9 Å². The van der Waals surface area contributed by atoms with Crippen LogP contribution in [0.5, 0.6) is 5.75 Å². The standard InChI is InChI=1S/C14H9ClF3NO2/c15-8-5-6-11(10(16)7-8)19-13(20)9-3-1-2-4-12(9)21-14(17)18/h1-7,14H,(H,19,20). The molecule has 1 amide bonds. The monoisotopic (exact) mass is 315 g/mol. The average molecular weight is 316 g/mol. The van der Waals surface area contributed by atoms with Crippen molar-refractivity contribution in [2.45, 2.75) is 6.61 Å². The highest BCUT2D eigenvalue weighted by Crippen LogP contribution is 2.23. The third kappa shape index (κ3) is 3.88. The maximum Gasteiger partial charge on any atom is 0.387 e. The van der Waals surface area contributed by atoms with E-state index in [1.807, 2.05) is 0 Å². The summed E-state index contributed by atoms with van der Waals surface area (Å²) in [6, 6.07) is 9.12. The molecule has 0 fully saturated rings. The van der Waals surface area contributed by atoms with E-state index >= 15 is 0 Å². The molecule has 0 heterocycles. The Kier molecular flexibility index (Phi) is 4.70. The number of halogens is 4. The quantitative estimate of drug-likeness (QED) is 0.912. The smallest absolute Gasteiger partial charge is 0.387 e. The number of hydrogen-bond acceptors (Lipinski definition) is 2. The molecule has 2 aromatic carbocycles. The van der Waals surface area contributed by atoms with Gasteiger partial charge in [0.25, 0.3) is 5.91 Å². The van der Waals surface area contributed by atoms with Gasteiger partial charge >= 0.3 is 6.61 Å². The number of alkyl halides is 2. The minimum atomic E-state index is -3.06. The molecule has 0 aromatic heterocycles. The highest BCUT2D eigenvalue weighted by atomic mass is 35.5. The van der Waals surface area contributed by atoms with Gasteiger partial charge < -0.3 is 10.1 Å². The number of anilines is 1. The van der Waals surface area contributed by atoms with Gasteiger partial charge in [0.1, 0.15) is 11.6 Å². The van der Waals surface area contributed by atoms with Gasteiger partial charge in [0.15, 0.2) is 0 Å². The summed E-state index contributed by atoms with van der Waals surface area (Å²) in [5.74, 6) is -1.80. The van der Waals surface area contributed by atoms with Crippen LogP contribution in [0.2, 0.25) is 5.02 Å². The zero-order chi connectivity index (χ0) is 15.4. The van der Waals surface area contributed by atoms with Crippen LogP contribution in [-0.4, -0.2) is 12.5 Å². The Labute approximate surface area is 123 Å². The molecule has 3 nitrogen and oxygen atoms in total. The molecular formula is C14H9ClF3NO2. The maximum absolute atomic E-state index is 13.6. The second-order valence-corrected chi connectivity index (χ2v) is 4.39. The molecule has 0 saturated carbocycles. The lowest BCUT2D eigenvalue weighted by atomic mass is 10.2. The number of benzene rings is 2. The van der Waals surface area contributed by atoms with Crippen LogP contribution in [0, 0.1) is 5.82 Å². The molecule has 0 unspecified atom stereocenters. The van der Waals surface area contributed by atoms with Gasteiger partial charge in [-0.2, -0.15) is 8.78 Å². The Morgan fingerprint density at radius 1 is 1.19 bits per heavy atom. The third-order valence-corrected chi connectivity index (χ3v) is 2.76. The van der Waals surface area contributed by atoms with Crippen LogP contribution in [0.3, 0.4) is 0 Å². The molecule has 0 saturated heterocycles. The van der Waals surface area contributed by atoms with Crippen LogP contribution in [0.25, 0.3) is 0 Å². The molecule has 1 N–H and O–H groups in total. The van der Waals surface area contributed by atoms with Crippen molar-refractivity contribution in [2.75, 3.05) is 5.32 Å². The molecule has 7 heteroatoms. The maximum atomic E-state index is 13.6. The first-order valence-electron chi connectivity index (χ1n) is 5.77. The van der Waals surface area contributed by atoms with Crippen molar-refractivity contribution in [1.29, 1.82) is 0 Å². The van der Waals surface area contributed by atoms with Crippen LogP contribution >= 0.6 is 11.6 Å². The summed E-state index contributed by atoms with van der Waals surface area (Å²) in [4.78, 5) is 12.0. The van der Waals surface area contributed by atoms with Crippen molar-refractivity contribution < 1.29 is 22.7 Å². The van der Waals surface area contributed by atoms with Crippen LogP contribution < -0.4 is 10.1 Å². The Morgan fingerprint density at radius 3 is 2.57 bits per heavy atom. The minimum absolute atomic E-state index is 0.115. The predicted molar refractivity (Wildman–Crippen MR) is 72.4 cm³/mol. The number of amides is 1. The van der Waals surface area contributed by atoms with E-state index < -0.39 is 18.3 Å². The van der Waals surface area contributed by atoms with Crippen molar-refractivity contribution in [1.82, 2.24) is 0 Å². The van der Waals surface area contributed by atoms with Crippen LogP contribution in [0.1, 0.15) is 10.4 Å². The van der Waals surface area contributed by atoms with E-state index in [-0.39, 0.29) is 22.0 Å². The van der Waals surface area contributed by atoms with E-state index in [1.165, 1.54) is 36.4 Å². The van der Waals surface area contributed by atoms with Gasteiger partial charge in [-0.1, -0.05) is 23.7 Å². The zero-order valence-electron chi connectivity index (χ0n) is 10.4. The first kappa shape index (κ1) is 15.2. The summed E-state index contributed by atoms with van der Waals surface area (Å²) in [5, 5.41) is 2.44. The lowest BCUT2D eigenvalue weighted by Gasteiger charge is -2.11. The molecule has 2 rings (SSSR count). The lowest BCUT2D eigenvalue weighted by molar-refractivity contribution is -0.0501. The molecule has 2 aromatic rings. The Bertz CT molecular complexity index is 664. The molecule has 0 spiro atoms. The Hall–Kier alpha value is -2.21. The topological polar surface area (TPSA) is 38.3 Å². The molecular weight excluding hydrogens is 307 g/mol. The molecule has 0 aliphatic rings. The molecule has 0 aliphatic carbocycles. The van der Waals surface area contributed by atoms with Crippen LogP contribution in [0.4, 0.5) is 18.9 Å². The van der Waals surface area contributed by atoms with Crippen LogP contribution in [0.15, 0.2) is 42.5 Å². The summed E-state index contributed by atoms with van der Waals surface area (Å²) in [6.07, 6.45) is 0. The number of ether oxygens (including phenoxy) is 1. The zero-order valence-corrected chi connectivity index (χ0v) is 11.2. The minimum Gasteiger partial charge on any atom is -0.434 e. The van der Waals surface area contributed by atoms with E-state index in [1.54, 1.807) is 0 Å². The molecule has 110 valence electrons. The molecule has 0 atom stereocenters. The van der Waals surface area contributed by atoms with Crippen molar-refractivity contribution in [2.24, 2.45) is 0 Å². The van der Waals surface area contributed by atoms with Gasteiger partial charge in [-0.05, 0) is 30.3 Å². The van der Waals surface area contributed by atoms with Crippen molar-refractivity contribution in [3.63, 3.8) is 0 Å². The number of para-hydroxylation sites is 1. The fourth-order valence-electron chi connectivity index (χ4n) is 1.63. The summed E-state index contributed by atoms with van der Waals surface area (Å²) in [6.45, 7) is -3.06. The number of carbonyl (C=O) groups excluding carboxylic acids is 1. The summed E-state index contributed by atoms with van der Waals surface area (Å²) < 4.78 is 42.4. The van der Waals surface area contributed by atoms with Gasteiger partial charge in [0.2, 0.25) is 0 Å². The van der Waals surface area contributed by atoms with Crippen molar-refractivity contribution in [3.8, 4) is 5.75 Å². The fraction of sp³-hybridized carbons (Fsp3) is 0.0714. The van der Waals surface area contributed by atoms with Gasteiger partial charge in [-0.25, -0.2) is 4.39 Å². The number of carbonyl (C=O) groups is 1. The molecule has 21 heavy (non-hydrogen) atoms. The van der Waals surface area contributed by atoms with E-state index in [4.69, 9.17) is 11.6 Å². The van der Waals surface area contributed by atoms with Gasteiger partial charge in [0.05, 0.1) is 11.3 Å². The summed E-state index contributed by atoms with van der Waals surface area (Å²) in [5.41, 5.74) is -0.247. The normalized spacial score (nSPS) is 10.5. The average Bonchev–Trinajstić information content (AvgIpc) is 2.42. The second kappa shape index (κ2) is 6.49. The fourth-order valence-corrected chi connectivity index (χ4v) is 1.79. The van der Waals surface area contributed by atoms with E-state index in [9.17, 15) is 18.0 Å². The van der Waals surface area contributed by atoms with E-state index in [2.05, 4.69) is 10.1 Å². The third-order valence-electron chi connectivity index (χ3n) is 2.53. The first-order valence-corrected chi connectivity index (χ1v) is 6.15. The Morgan fingerprint density at radius 2 is 1.90 bits per heavy atom. The largest absolute Gasteiger partial charge is 0.434 e. The summed E-state index contributed by atoms with van der Waals surface area (Å²) in [7, 11) is 0. The number of rotatable bonds is 4. The van der Waals surface area contributed by atoms with Gasteiger partial charge in [0, 0.05) is 5.02 Å².